The average molecular weight is 429 g/mol. The molecule has 0 aromatic rings. The first-order valence-corrected chi connectivity index (χ1v) is 13.0. The molecule has 6 rings (SSSR count). The van der Waals surface area contributed by atoms with E-state index in [4.69, 9.17) is 9.47 Å². The molecule has 4 heteroatoms. The third-order valence-corrected chi connectivity index (χ3v) is 11.4. The maximum Gasteiger partial charge on any atom is 0.171 e. The second-order valence-corrected chi connectivity index (χ2v) is 12.9. The van der Waals surface area contributed by atoms with E-state index in [2.05, 4.69) is 27.7 Å². The molecule has 2 saturated heterocycles. The number of carbonyl (C=O) groups is 2. The lowest BCUT2D eigenvalue weighted by atomic mass is 9.44. The van der Waals surface area contributed by atoms with Gasteiger partial charge in [-0.05, 0) is 72.5 Å². The Labute approximate surface area is 187 Å². The smallest absolute Gasteiger partial charge is 0.171 e. The first-order chi connectivity index (χ1) is 14.7. The van der Waals surface area contributed by atoms with Crippen LogP contribution in [0.1, 0.15) is 85.5 Å². The summed E-state index contributed by atoms with van der Waals surface area (Å²) >= 11 is 0. The number of hydrogen-bond acceptors (Lipinski definition) is 4. The van der Waals surface area contributed by atoms with E-state index in [1.54, 1.807) is 0 Å². The topological polar surface area (TPSA) is 52.6 Å². The predicted molar refractivity (Wildman–Crippen MR) is 117 cm³/mol. The molecule has 4 saturated carbocycles. The molecule has 2 aliphatic heterocycles. The molecular weight excluding hydrogens is 388 g/mol. The van der Waals surface area contributed by atoms with Crippen molar-refractivity contribution >= 4 is 11.6 Å². The largest absolute Gasteiger partial charge is 0.349 e. The van der Waals surface area contributed by atoms with Gasteiger partial charge in [0.1, 0.15) is 11.6 Å². The highest BCUT2D eigenvalue weighted by molar-refractivity contribution is 5.85. The van der Waals surface area contributed by atoms with E-state index in [1.807, 2.05) is 0 Å². The SMILES string of the molecule is C[C@@H]1CC[C@@]2(OC1)O[C@H]1C[C@H]3[C@@H]4CC[C@H]5CC(=O)CC[C@]5(C)[C@H]4C(=O)C[C@]3(C)[C@H]1[C@@H]2C. The van der Waals surface area contributed by atoms with Crippen LogP contribution in [0.2, 0.25) is 0 Å². The first-order valence-electron chi connectivity index (χ1n) is 13.0. The summed E-state index contributed by atoms with van der Waals surface area (Å²) in [7, 11) is 0. The molecule has 0 bridgehead atoms. The fourth-order valence-corrected chi connectivity index (χ4v) is 9.88. The lowest BCUT2D eigenvalue weighted by molar-refractivity contribution is -0.272. The van der Waals surface area contributed by atoms with Crippen molar-refractivity contribution in [3.63, 3.8) is 0 Å². The van der Waals surface area contributed by atoms with Crippen LogP contribution in [-0.2, 0) is 19.1 Å². The summed E-state index contributed by atoms with van der Waals surface area (Å²) in [5, 5.41) is 0. The van der Waals surface area contributed by atoms with Crippen LogP contribution in [0.15, 0.2) is 0 Å². The fraction of sp³-hybridized carbons (Fsp3) is 0.926. The summed E-state index contributed by atoms with van der Waals surface area (Å²) in [5.41, 5.74) is 0.0647. The van der Waals surface area contributed by atoms with Crippen LogP contribution < -0.4 is 0 Å². The summed E-state index contributed by atoms with van der Waals surface area (Å²) in [6.07, 6.45) is 8.76. The van der Waals surface area contributed by atoms with E-state index in [1.165, 1.54) is 6.42 Å². The Hall–Kier alpha value is -0.740. The minimum atomic E-state index is -0.414. The van der Waals surface area contributed by atoms with Crippen molar-refractivity contribution in [3.8, 4) is 0 Å². The minimum Gasteiger partial charge on any atom is -0.349 e. The van der Waals surface area contributed by atoms with Gasteiger partial charge in [0.2, 0.25) is 0 Å². The molecule has 0 aromatic carbocycles. The zero-order valence-electron chi connectivity index (χ0n) is 19.8. The predicted octanol–water partition coefficient (Wildman–Crippen LogP) is 5.18. The zero-order valence-corrected chi connectivity index (χ0v) is 19.8. The van der Waals surface area contributed by atoms with Gasteiger partial charge in [0.25, 0.3) is 0 Å². The van der Waals surface area contributed by atoms with Crippen molar-refractivity contribution in [1.82, 2.24) is 0 Å². The molecule has 4 aliphatic carbocycles. The van der Waals surface area contributed by atoms with E-state index in [9.17, 15) is 9.59 Å². The molecule has 0 aromatic heterocycles. The van der Waals surface area contributed by atoms with Gasteiger partial charge in [-0.3, -0.25) is 9.59 Å². The van der Waals surface area contributed by atoms with Gasteiger partial charge in [-0.2, -0.15) is 0 Å². The van der Waals surface area contributed by atoms with E-state index >= 15 is 0 Å². The number of Topliss-reactive ketones (excluding diaryl/α,β-unsaturated/α-hetero) is 2. The van der Waals surface area contributed by atoms with Crippen molar-refractivity contribution in [1.29, 1.82) is 0 Å². The number of carbonyl (C=O) groups excluding carboxylic acids is 2. The van der Waals surface area contributed by atoms with Gasteiger partial charge in [0.05, 0.1) is 12.7 Å². The molecule has 6 aliphatic rings. The van der Waals surface area contributed by atoms with Gasteiger partial charge < -0.3 is 9.47 Å². The van der Waals surface area contributed by atoms with E-state index in [0.717, 1.165) is 38.7 Å². The Kier molecular flexibility index (Phi) is 4.47. The summed E-state index contributed by atoms with van der Waals surface area (Å²) in [5.74, 6) is 3.51. The molecule has 11 atom stereocenters. The van der Waals surface area contributed by atoms with E-state index in [0.29, 0.717) is 66.3 Å². The molecule has 0 amide bonds. The summed E-state index contributed by atoms with van der Waals surface area (Å²) in [6, 6.07) is 0. The van der Waals surface area contributed by atoms with Crippen LogP contribution >= 0.6 is 0 Å². The molecule has 0 unspecified atom stereocenters. The van der Waals surface area contributed by atoms with Crippen molar-refractivity contribution in [3.05, 3.63) is 0 Å². The number of ether oxygens (including phenoxy) is 2. The highest BCUT2D eigenvalue weighted by Gasteiger charge is 2.70. The Balaban J connectivity index is 1.30. The van der Waals surface area contributed by atoms with Crippen molar-refractivity contribution in [2.24, 2.45) is 52.3 Å². The summed E-state index contributed by atoms with van der Waals surface area (Å²) in [6.45, 7) is 10.2. The van der Waals surface area contributed by atoms with Gasteiger partial charge in [0, 0.05) is 37.5 Å². The molecule has 0 radical (unpaired) electrons. The maximum absolute atomic E-state index is 13.9. The minimum absolute atomic E-state index is 0.0310. The van der Waals surface area contributed by atoms with Gasteiger partial charge in [-0.1, -0.05) is 27.7 Å². The molecular formula is C27H40O4. The van der Waals surface area contributed by atoms with Gasteiger partial charge >= 0.3 is 0 Å². The Morgan fingerprint density at radius 2 is 1.81 bits per heavy atom. The third kappa shape index (κ3) is 2.67. The molecule has 2 heterocycles. The third-order valence-electron chi connectivity index (χ3n) is 11.4. The van der Waals surface area contributed by atoms with Crippen LogP contribution in [0.4, 0.5) is 0 Å². The normalized spacial score (nSPS) is 58.6. The van der Waals surface area contributed by atoms with Crippen molar-refractivity contribution in [2.45, 2.75) is 97.4 Å². The molecule has 31 heavy (non-hydrogen) atoms. The molecule has 4 nitrogen and oxygen atoms in total. The van der Waals surface area contributed by atoms with Crippen LogP contribution in [-0.4, -0.2) is 30.1 Å². The first kappa shape index (κ1) is 20.8. The van der Waals surface area contributed by atoms with Crippen LogP contribution in [0, 0.1) is 52.3 Å². The lowest BCUT2D eigenvalue weighted by Gasteiger charge is -2.59. The van der Waals surface area contributed by atoms with Crippen LogP contribution in [0.5, 0.6) is 0 Å². The van der Waals surface area contributed by atoms with Crippen LogP contribution in [0.25, 0.3) is 0 Å². The second-order valence-electron chi connectivity index (χ2n) is 12.9. The van der Waals surface area contributed by atoms with E-state index < -0.39 is 5.79 Å². The molecule has 0 N–H and O–H groups in total. The Morgan fingerprint density at radius 1 is 1.00 bits per heavy atom. The van der Waals surface area contributed by atoms with E-state index in [-0.39, 0.29) is 22.9 Å². The fourth-order valence-electron chi connectivity index (χ4n) is 9.88. The highest BCUT2D eigenvalue weighted by Crippen LogP contribution is 2.70. The van der Waals surface area contributed by atoms with Gasteiger partial charge in [0.15, 0.2) is 5.79 Å². The number of hydrogen-bond donors (Lipinski definition) is 0. The average Bonchev–Trinajstić information content (AvgIpc) is 3.15. The number of rotatable bonds is 0. The number of ketones is 2. The zero-order chi connectivity index (χ0) is 21.8. The monoisotopic (exact) mass is 428 g/mol. The second kappa shape index (κ2) is 6.65. The maximum atomic E-state index is 13.9. The highest BCUT2D eigenvalue weighted by atomic mass is 16.7. The van der Waals surface area contributed by atoms with Gasteiger partial charge in [-0.15, -0.1) is 0 Å². The van der Waals surface area contributed by atoms with Crippen molar-refractivity contribution in [2.75, 3.05) is 6.61 Å². The molecule has 6 fully saturated rings. The molecule has 172 valence electrons. The summed E-state index contributed by atoms with van der Waals surface area (Å²) in [4.78, 5) is 26.0. The van der Waals surface area contributed by atoms with Gasteiger partial charge in [-0.25, -0.2) is 0 Å². The number of fused-ring (bicyclic) bond motifs is 7. The summed E-state index contributed by atoms with van der Waals surface area (Å²) < 4.78 is 13.2. The van der Waals surface area contributed by atoms with Crippen LogP contribution in [0.3, 0.4) is 0 Å². The Bertz CT molecular complexity index is 797. The Morgan fingerprint density at radius 3 is 2.55 bits per heavy atom. The lowest BCUT2D eigenvalue weighted by Crippen LogP contribution is -2.58. The van der Waals surface area contributed by atoms with Crippen molar-refractivity contribution < 1.29 is 19.1 Å². The quantitative estimate of drug-likeness (QED) is 0.533. The molecule has 1 spiro atoms. The standard InChI is InChI=1S/C27H40O4/c1-15-7-10-27(30-14-15)16(2)23-22(31-27)12-20-19-6-5-17-11-18(28)8-9-25(17,3)24(19)21(29)13-26(20,23)4/h15-17,19-20,22-24H,5-14H2,1-4H3/t15-,16+,17+,19+,20+,22+,23+,24-,25+,26+,27-/m1/s1.